The zero-order valence-electron chi connectivity index (χ0n) is 9.17. The number of aromatic nitrogens is 4. The highest BCUT2D eigenvalue weighted by Crippen LogP contribution is 2.05. The Hall–Kier alpha value is -2.09. The lowest BCUT2D eigenvalue weighted by Crippen LogP contribution is -2.10. The van der Waals surface area contributed by atoms with E-state index in [4.69, 9.17) is 5.26 Å². The second kappa shape index (κ2) is 4.62. The molecule has 0 radical (unpaired) electrons. The summed E-state index contributed by atoms with van der Waals surface area (Å²) in [5, 5.41) is 13.0. The largest absolute Gasteiger partial charge is 0.332 e. The Balaban J connectivity index is 2.21. The van der Waals surface area contributed by atoms with Gasteiger partial charge < -0.3 is 4.57 Å². The van der Waals surface area contributed by atoms with Crippen LogP contribution in [0.15, 0.2) is 24.7 Å². The Kier molecular flexibility index (Phi) is 3.01. The fourth-order valence-corrected chi connectivity index (χ4v) is 1.61. The second-order valence-electron chi connectivity index (χ2n) is 3.53. The Morgan fingerprint density at radius 1 is 1.50 bits per heavy atom. The number of nitriles is 1. The van der Waals surface area contributed by atoms with Crippen molar-refractivity contribution in [1.82, 2.24) is 19.3 Å². The van der Waals surface area contributed by atoms with Crippen LogP contribution in [0.4, 0.5) is 0 Å². The lowest BCUT2D eigenvalue weighted by molar-refractivity contribution is 0.554. The molecule has 0 spiro atoms. The molecular formula is C11H13N5. The Morgan fingerprint density at radius 3 is 3.12 bits per heavy atom. The third-order valence-electron chi connectivity index (χ3n) is 2.39. The van der Waals surface area contributed by atoms with Crippen LogP contribution in [-0.2, 0) is 13.1 Å². The van der Waals surface area contributed by atoms with Crippen LogP contribution in [-0.4, -0.2) is 19.3 Å². The molecule has 16 heavy (non-hydrogen) atoms. The second-order valence-corrected chi connectivity index (χ2v) is 3.53. The molecule has 0 atom stereocenters. The number of hydrogen-bond acceptors (Lipinski definition) is 3. The average molecular weight is 215 g/mol. The number of hydrogen-bond donors (Lipinski definition) is 0. The van der Waals surface area contributed by atoms with Crippen LogP contribution in [0.5, 0.6) is 0 Å². The highest BCUT2D eigenvalue weighted by molar-refractivity contribution is 5.22. The van der Waals surface area contributed by atoms with Gasteiger partial charge in [-0.05, 0) is 18.6 Å². The summed E-state index contributed by atoms with van der Waals surface area (Å²) in [6, 6.07) is 5.80. The minimum Gasteiger partial charge on any atom is -0.332 e. The lowest BCUT2D eigenvalue weighted by Gasteiger charge is -2.06. The summed E-state index contributed by atoms with van der Waals surface area (Å²) in [5.41, 5.74) is 0.644. The van der Waals surface area contributed by atoms with E-state index in [0.29, 0.717) is 12.2 Å². The molecule has 0 aliphatic carbocycles. The van der Waals surface area contributed by atoms with E-state index >= 15 is 0 Å². The van der Waals surface area contributed by atoms with Crippen LogP contribution in [0.1, 0.15) is 24.9 Å². The van der Waals surface area contributed by atoms with E-state index in [-0.39, 0.29) is 0 Å². The van der Waals surface area contributed by atoms with Crippen LogP contribution in [0.25, 0.3) is 0 Å². The van der Waals surface area contributed by atoms with Crippen LogP contribution < -0.4 is 0 Å². The minimum absolute atomic E-state index is 0.593. The first-order valence-electron chi connectivity index (χ1n) is 5.27. The maximum Gasteiger partial charge on any atom is 0.146 e. The van der Waals surface area contributed by atoms with Gasteiger partial charge in [0.25, 0.3) is 0 Å². The van der Waals surface area contributed by atoms with E-state index in [1.807, 2.05) is 21.5 Å². The van der Waals surface area contributed by atoms with Crippen molar-refractivity contribution in [3.05, 3.63) is 36.2 Å². The molecule has 0 amide bonds. The van der Waals surface area contributed by atoms with Gasteiger partial charge in [0, 0.05) is 12.7 Å². The standard InChI is InChI=1S/C11H13N5/c1-2-5-16-11(13-9-14-16)8-15-6-3-4-10(15)7-12/h3-4,6,9H,2,5,8H2,1H3. The Labute approximate surface area is 94.0 Å². The van der Waals surface area contributed by atoms with Gasteiger partial charge in [0.1, 0.15) is 23.9 Å². The van der Waals surface area contributed by atoms with Gasteiger partial charge in [-0.3, -0.25) is 0 Å². The van der Waals surface area contributed by atoms with Crippen LogP contribution in [0.2, 0.25) is 0 Å². The average Bonchev–Trinajstić information content (AvgIpc) is 2.89. The van der Waals surface area contributed by atoms with Gasteiger partial charge in [-0.15, -0.1) is 0 Å². The molecule has 2 aromatic rings. The van der Waals surface area contributed by atoms with Crippen molar-refractivity contribution in [3.8, 4) is 6.07 Å². The van der Waals surface area contributed by atoms with Gasteiger partial charge >= 0.3 is 0 Å². The Bertz CT molecular complexity index is 502. The molecule has 2 heterocycles. The van der Waals surface area contributed by atoms with Gasteiger partial charge in [-0.1, -0.05) is 6.92 Å². The monoisotopic (exact) mass is 215 g/mol. The molecule has 82 valence electrons. The summed E-state index contributed by atoms with van der Waals surface area (Å²) < 4.78 is 3.75. The van der Waals surface area contributed by atoms with Crippen molar-refractivity contribution in [2.24, 2.45) is 0 Å². The molecule has 5 nitrogen and oxygen atoms in total. The number of aryl methyl sites for hydroxylation is 1. The fourth-order valence-electron chi connectivity index (χ4n) is 1.61. The predicted octanol–water partition coefficient (Wildman–Crippen LogP) is 1.41. The molecule has 0 saturated heterocycles. The molecule has 0 saturated carbocycles. The highest BCUT2D eigenvalue weighted by Gasteiger charge is 2.06. The maximum absolute atomic E-state index is 8.89. The van der Waals surface area contributed by atoms with Crippen LogP contribution in [0, 0.1) is 11.3 Å². The van der Waals surface area contributed by atoms with Gasteiger partial charge in [-0.25, -0.2) is 9.67 Å². The van der Waals surface area contributed by atoms with Gasteiger partial charge in [0.05, 0.1) is 6.54 Å². The van der Waals surface area contributed by atoms with E-state index in [0.717, 1.165) is 18.8 Å². The Morgan fingerprint density at radius 2 is 2.38 bits per heavy atom. The maximum atomic E-state index is 8.89. The normalized spacial score (nSPS) is 10.2. The molecule has 0 aromatic carbocycles. The molecule has 5 heteroatoms. The summed E-state index contributed by atoms with van der Waals surface area (Å²) in [7, 11) is 0. The number of nitrogens with zero attached hydrogens (tertiary/aromatic N) is 5. The highest BCUT2D eigenvalue weighted by atomic mass is 15.3. The summed E-state index contributed by atoms with van der Waals surface area (Å²) in [6.45, 7) is 3.55. The molecule has 0 bridgehead atoms. The van der Waals surface area contributed by atoms with E-state index in [9.17, 15) is 0 Å². The van der Waals surface area contributed by atoms with Crippen molar-refractivity contribution >= 4 is 0 Å². The van der Waals surface area contributed by atoms with E-state index in [1.54, 1.807) is 12.4 Å². The van der Waals surface area contributed by atoms with Crippen LogP contribution in [0.3, 0.4) is 0 Å². The van der Waals surface area contributed by atoms with E-state index in [1.165, 1.54) is 0 Å². The summed E-state index contributed by atoms with van der Waals surface area (Å²) in [4.78, 5) is 4.21. The first-order chi connectivity index (χ1) is 7.85. The molecule has 0 fully saturated rings. The van der Waals surface area contributed by atoms with E-state index < -0.39 is 0 Å². The fraction of sp³-hybridized carbons (Fsp3) is 0.364. The predicted molar refractivity (Wildman–Crippen MR) is 58.6 cm³/mol. The third-order valence-corrected chi connectivity index (χ3v) is 2.39. The molecule has 0 aliphatic rings. The van der Waals surface area contributed by atoms with Crippen molar-refractivity contribution in [3.63, 3.8) is 0 Å². The zero-order chi connectivity index (χ0) is 11.4. The topological polar surface area (TPSA) is 59.4 Å². The molecule has 0 unspecified atom stereocenters. The smallest absolute Gasteiger partial charge is 0.146 e. The quantitative estimate of drug-likeness (QED) is 0.774. The van der Waals surface area contributed by atoms with E-state index in [2.05, 4.69) is 23.1 Å². The first kappa shape index (κ1) is 10.4. The zero-order valence-corrected chi connectivity index (χ0v) is 9.17. The molecule has 2 rings (SSSR count). The SMILES string of the molecule is CCCn1ncnc1Cn1cccc1C#N. The van der Waals surface area contributed by atoms with Gasteiger partial charge in [0.2, 0.25) is 0 Å². The molecule has 2 aromatic heterocycles. The number of rotatable bonds is 4. The lowest BCUT2D eigenvalue weighted by atomic mass is 10.4. The molecule has 0 N–H and O–H groups in total. The first-order valence-corrected chi connectivity index (χ1v) is 5.27. The minimum atomic E-state index is 0.593. The van der Waals surface area contributed by atoms with Crippen LogP contribution >= 0.6 is 0 Å². The van der Waals surface area contributed by atoms with Crippen molar-refractivity contribution in [2.75, 3.05) is 0 Å². The molecule has 0 aliphatic heterocycles. The summed E-state index contributed by atoms with van der Waals surface area (Å²) in [6.07, 6.45) is 4.46. The molecular weight excluding hydrogens is 202 g/mol. The summed E-state index contributed by atoms with van der Waals surface area (Å²) >= 11 is 0. The third kappa shape index (κ3) is 1.96. The van der Waals surface area contributed by atoms with Gasteiger partial charge in [-0.2, -0.15) is 10.4 Å². The van der Waals surface area contributed by atoms with Crippen molar-refractivity contribution in [1.29, 1.82) is 5.26 Å². The van der Waals surface area contributed by atoms with Crippen molar-refractivity contribution < 1.29 is 0 Å². The summed E-state index contributed by atoms with van der Waals surface area (Å²) in [5.74, 6) is 0.884. The van der Waals surface area contributed by atoms with Crippen molar-refractivity contribution in [2.45, 2.75) is 26.4 Å². The van der Waals surface area contributed by atoms with Gasteiger partial charge in [0.15, 0.2) is 0 Å².